The fourth-order valence-corrected chi connectivity index (χ4v) is 1.17. The highest BCUT2D eigenvalue weighted by Crippen LogP contribution is 2.19. The molecule has 0 atom stereocenters. The Morgan fingerprint density at radius 1 is 1.89 bits per heavy atom. The monoisotopic (exact) mass is 141 g/mol. The molecular formula is C6H7NOS. The molecule has 48 valence electrons. The van der Waals surface area contributed by atoms with Crippen LogP contribution in [0.3, 0.4) is 0 Å². The van der Waals surface area contributed by atoms with Crippen molar-refractivity contribution in [1.29, 1.82) is 0 Å². The van der Waals surface area contributed by atoms with Crippen LogP contribution in [0.2, 0.25) is 0 Å². The highest BCUT2D eigenvalue weighted by molar-refractivity contribution is 7.13. The Kier molecular flexibility index (Phi) is 1.85. The predicted octanol–water partition coefficient (Wildman–Crippen LogP) is 1.58. The predicted molar refractivity (Wildman–Crippen MR) is 37.7 cm³/mol. The van der Waals surface area contributed by atoms with E-state index in [1.165, 1.54) is 17.5 Å². The van der Waals surface area contributed by atoms with Crippen molar-refractivity contribution >= 4 is 11.3 Å². The minimum absolute atomic E-state index is 0.270. The van der Waals surface area contributed by atoms with Gasteiger partial charge in [0.25, 0.3) is 0 Å². The molecule has 0 unspecified atom stereocenters. The molecule has 1 N–H and O–H groups in total. The lowest BCUT2D eigenvalue weighted by atomic mass is 10.4. The molecule has 0 radical (unpaired) electrons. The van der Waals surface area contributed by atoms with Crippen LogP contribution in [0.4, 0.5) is 0 Å². The Bertz CT molecular complexity index is 207. The first-order chi connectivity index (χ1) is 4.33. The second-order valence-electron chi connectivity index (χ2n) is 1.59. The molecule has 1 heterocycles. The second kappa shape index (κ2) is 2.64. The summed E-state index contributed by atoms with van der Waals surface area (Å²) in [5.41, 5.74) is 0. The molecule has 0 bridgehead atoms. The van der Waals surface area contributed by atoms with Crippen molar-refractivity contribution in [1.82, 2.24) is 4.98 Å². The van der Waals surface area contributed by atoms with E-state index in [9.17, 15) is 0 Å². The maximum atomic E-state index is 8.80. The normalized spacial score (nSPS) is 9.33. The smallest absolute Gasteiger partial charge is 0.191 e. The zero-order valence-corrected chi connectivity index (χ0v) is 5.69. The molecule has 0 aliphatic heterocycles. The van der Waals surface area contributed by atoms with Gasteiger partial charge in [-0.05, 0) is 0 Å². The molecule has 0 spiro atoms. The van der Waals surface area contributed by atoms with Crippen LogP contribution >= 0.6 is 11.3 Å². The Hall–Kier alpha value is -0.830. The van der Waals surface area contributed by atoms with Crippen LogP contribution in [0, 0.1) is 0 Å². The van der Waals surface area contributed by atoms with Crippen molar-refractivity contribution in [2.45, 2.75) is 6.42 Å². The van der Waals surface area contributed by atoms with Crippen molar-refractivity contribution in [3.63, 3.8) is 0 Å². The highest BCUT2D eigenvalue weighted by Gasteiger charge is 1.95. The number of thiazole rings is 1. The molecule has 0 saturated carbocycles. The van der Waals surface area contributed by atoms with E-state index in [1.807, 2.05) is 0 Å². The average Bonchev–Trinajstić information content (AvgIpc) is 2.17. The van der Waals surface area contributed by atoms with Crippen LogP contribution in [0.5, 0.6) is 5.06 Å². The van der Waals surface area contributed by atoms with Crippen molar-refractivity contribution in [2.24, 2.45) is 0 Å². The second-order valence-corrected chi connectivity index (χ2v) is 2.68. The number of aromatic nitrogens is 1. The van der Waals surface area contributed by atoms with Crippen LogP contribution < -0.4 is 0 Å². The number of hydrogen-bond donors (Lipinski definition) is 1. The molecule has 0 aromatic carbocycles. The number of nitrogens with zero attached hydrogens (tertiary/aromatic N) is 1. The van der Waals surface area contributed by atoms with Gasteiger partial charge in [0.2, 0.25) is 0 Å². The molecule has 0 saturated heterocycles. The van der Waals surface area contributed by atoms with Gasteiger partial charge < -0.3 is 5.11 Å². The van der Waals surface area contributed by atoms with E-state index < -0.39 is 0 Å². The minimum atomic E-state index is 0.270. The van der Waals surface area contributed by atoms with Crippen LogP contribution in [0.15, 0.2) is 18.9 Å². The number of allylic oxidation sites excluding steroid dienone is 1. The van der Waals surface area contributed by atoms with Crippen molar-refractivity contribution in [2.75, 3.05) is 0 Å². The van der Waals surface area contributed by atoms with Crippen molar-refractivity contribution in [3.05, 3.63) is 23.9 Å². The van der Waals surface area contributed by atoms with Crippen molar-refractivity contribution < 1.29 is 5.11 Å². The van der Waals surface area contributed by atoms with E-state index in [4.69, 9.17) is 5.11 Å². The van der Waals surface area contributed by atoms with Gasteiger partial charge in [0.1, 0.15) is 0 Å². The third kappa shape index (κ3) is 1.54. The van der Waals surface area contributed by atoms with Crippen LogP contribution in [-0.4, -0.2) is 10.1 Å². The molecule has 0 aliphatic rings. The lowest BCUT2D eigenvalue weighted by molar-refractivity contribution is 0.489. The summed E-state index contributed by atoms with van der Waals surface area (Å²) < 4.78 is 0. The fourth-order valence-electron chi connectivity index (χ4n) is 0.518. The average molecular weight is 141 g/mol. The van der Waals surface area contributed by atoms with Gasteiger partial charge in [-0.2, -0.15) is 0 Å². The lowest BCUT2D eigenvalue weighted by Gasteiger charge is -1.80. The number of rotatable bonds is 2. The zero-order valence-electron chi connectivity index (χ0n) is 4.87. The maximum absolute atomic E-state index is 8.80. The molecule has 3 heteroatoms. The topological polar surface area (TPSA) is 33.1 Å². The van der Waals surface area contributed by atoms with Gasteiger partial charge in [0.15, 0.2) is 5.06 Å². The standard InChI is InChI=1S/C6H7NOS/c1-2-3-5-7-4-6(8)9-5/h2,4,8H,1,3H2. The van der Waals surface area contributed by atoms with Gasteiger partial charge in [-0.15, -0.1) is 6.58 Å². The third-order valence-electron chi connectivity index (χ3n) is 0.860. The van der Waals surface area contributed by atoms with Crippen LogP contribution in [0.1, 0.15) is 5.01 Å². The first-order valence-corrected chi connectivity index (χ1v) is 3.39. The Morgan fingerprint density at radius 3 is 3.11 bits per heavy atom. The molecule has 0 amide bonds. The van der Waals surface area contributed by atoms with E-state index >= 15 is 0 Å². The van der Waals surface area contributed by atoms with E-state index in [1.54, 1.807) is 6.08 Å². The summed E-state index contributed by atoms with van der Waals surface area (Å²) in [7, 11) is 0. The van der Waals surface area contributed by atoms with Gasteiger partial charge in [0, 0.05) is 6.42 Å². The zero-order chi connectivity index (χ0) is 6.69. The fraction of sp³-hybridized carbons (Fsp3) is 0.167. The molecule has 2 nitrogen and oxygen atoms in total. The Morgan fingerprint density at radius 2 is 2.67 bits per heavy atom. The highest BCUT2D eigenvalue weighted by atomic mass is 32.1. The minimum Gasteiger partial charge on any atom is -0.498 e. The molecular weight excluding hydrogens is 134 g/mol. The first kappa shape index (κ1) is 6.29. The SMILES string of the molecule is C=CCc1ncc(O)s1. The number of aromatic hydroxyl groups is 1. The molecule has 9 heavy (non-hydrogen) atoms. The van der Waals surface area contributed by atoms with E-state index in [0.717, 1.165) is 11.4 Å². The van der Waals surface area contributed by atoms with Gasteiger partial charge in [-0.1, -0.05) is 17.4 Å². The van der Waals surface area contributed by atoms with E-state index in [0.29, 0.717) is 0 Å². The van der Waals surface area contributed by atoms with Gasteiger partial charge in [0.05, 0.1) is 11.2 Å². The van der Waals surface area contributed by atoms with Crippen LogP contribution in [-0.2, 0) is 6.42 Å². The molecule has 0 aliphatic carbocycles. The van der Waals surface area contributed by atoms with E-state index in [2.05, 4.69) is 11.6 Å². The summed E-state index contributed by atoms with van der Waals surface area (Å²) in [5, 5.41) is 9.98. The van der Waals surface area contributed by atoms with Crippen molar-refractivity contribution in [3.8, 4) is 5.06 Å². The maximum Gasteiger partial charge on any atom is 0.191 e. The number of hydrogen-bond acceptors (Lipinski definition) is 3. The summed E-state index contributed by atoms with van der Waals surface area (Å²) in [5.74, 6) is 0. The largest absolute Gasteiger partial charge is 0.498 e. The van der Waals surface area contributed by atoms with Gasteiger partial charge in [-0.3, -0.25) is 0 Å². The summed E-state index contributed by atoms with van der Waals surface area (Å²) in [6, 6.07) is 0. The van der Waals surface area contributed by atoms with Gasteiger partial charge >= 0.3 is 0 Å². The summed E-state index contributed by atoms with van der Waals surface area (Å²) in [6.07, 6.45) is 3.95. The molecule has 1 aromatic heterocycles. The van der Waals surface area contributed by atoms with Crippen LogP contribution in [0.25, 0.3) is 0 Å². The van der Waals surface area contributed by atoms with Gasteiger partial charge in [-0.25, -0.2) is 4.98 Å². The Labute approximate surface area is 57.5 Å². The summed E-state index contributed by atoms with van der Waals surface area (Å²) in [6.45, 7) is 3.55. The Balaban J connectivity index is 2.72. The molecule has 1 aromatic rings. The molecule has 0 fully saturated rings. The van der Waals surface area contributed by atoms with E-state index in [-0.39, 0.29) is 5.06 Å². The third-order valence-corrected chi connectivity index (χ3v) is 1.68. The quantitative estimate of drug-likeness (QED) is 0.634. The summed E-state index contributed by atoms with van der Waals surface area (Å²) in [4.78, 5) is 3.90. The lowest BCUT2D eigenvalue weighted by Crippen LogP contribution is -1.73. The summed E-state index contributed by atoms with van der Waals surface area (Å²) >= 11 is 1.29. The first-order valence-electron chi connectivity index (χ1n) is 2.57. The molecule has 1 rings (SSSR count).